The first-order chi connectivity index (χ1) is 25.5. The highest BCUT2D eigenvalue weighted by Gasteiger charge is 2.31. The van der Waals surface area contributed by atoms with Crippen LogP contribution in [0.5, 0.6) is 17.2 Å². The number of rotatable bonds is 21. The SMILES string of the molecule is CCCCCCCCCCCCOc1ccc(C(=O)C(Oc2ccc(S(=O)(=O)c3ccc(O)cc3)cc2)C(=O)Nc2cc(C(=O)OC)ccc2Cl)cc1. The van der Waals surface area contributed by atoms with E-state index >= 15 is 0 Å². The number of hydrogen-bond donors (Lipinski definition) is 2. The molecule has 2 N–H and O–H groups in total. The summed E-state index contributed by atoms with van der Waals surface area (Å²) in [5, 5.41) is 12.2. The summed E-state index contributed by atoms with van der Waals surface area (Å²) in [6.07, 6.45) is 10.4. The van der Waals surface area contributed by atoms with Gasteiger partial charge in [0.1, 0.15) is 17.2 Å². The molecule has 282 valence electrons. The fraction of sp³-hybridized carbons (Fsp3) is 0.341. The van der Waals surface area contributed by atoms with E-state index in [-0.39, 0.29) is 43.1 Å². The summed E-state index contributed by atoms with van der Waals surface area (Å²) in [6.45, 7) is 2.77. The molecule has 0 aliphatic carbocycles. The van der Waals surface area contributed by atoms with E-state index in [4.69, 9.17) is 25.8 Å². The van der Waals surface area contributed by atoms with E-state index in [0.717, 1.165) is 12.8 Å². The molecule has 4 aromatic rings. The second-order valence-electron chi connectivity index (χ2n) is 12.6. The molecule has 53 heavy (non-hydrogen) atoms. The van der Waals surface area contributed by atoms with Crippen LogP contribution in [0.1, 0.15) is 91.8 Å². The highest BCUT2D eigenvalue weighted by Crippen LogP contribution is 2.27. The second kappa shape index (κ2) is 20.4. The summed E-state index contributed by atoms with van der Waals surface area (Å²) < 4.78 is 42.8. The van der Waals surface area contributed by atoms with Crippen molar-refractivity contribution in [2.75, 3.05) is 19.0 Å². The van der Waals surface area contributed by atoms with Crippen molar-refractivity contribution in [1.29, 1.82) is 0 Å². The number of anilines is 1. The van der Waals surface area contributed by atoms with Gasteiger partial charge in [-0.05, 0) is 97.4 Å². The summed E-state index contributed by atoms with van der Waals surface area (Å²) in [5.74, 6) is -1.69. The van der Waals surface area contributed by atoms with Gasteiger partial charge in [0, 0.05) is 5.56 Å². The number of amides is 1. The molecule has 0 aromatic heterocycles. The normalized spacial score (nSPS) is 11.8. The molecule has 1 atom stereocenters. The van der Waals surface area contributed by atoms with Gasteiger partial charge < -0.3 is 24.6 Å². The van der Waals surface area contributed by atoms with Crippen LogP contribution in [-0.2, 0) is 19.4 Å². The minimum Gasteiger partial charge on any atom is -0.508 e. The molecular weight excluding hydrogens is 718 g/mol. The number of aromatic hydroxyl groups is 1. The zero-order chi connectivity index (χ0) is 38.2. The summed E-state index contributed by atoms with van der Waals surface area (Å²) in [6, 6.07) is 20.9. The molecule has 0 fully saturated rings. The molecule has 0 heterocycles. The van der Waals surface area contributed by atoms with E-state index < -0.39 is 33.6 Å². The molecule has 0 radical (unpaired) electrons. The van der Waals surface area contributed by atoms with Gasteiger partial charge in [-0.3, -0.25) is 9.59 Å². The molecule has 0 bridgehead atoms. The van der Waals surface area contributed by atoms with Gasteiger partial charge in [0.05, 0.1) is 39.8 Å². The van der Waals surface area contributed by atoms with Crippen LogP contribution in [0.25, 0.3) is 0 Å². The van der Waals surface area contributed by atoms with Crippen molar-refractivity contribution in [2.45, 2.75) is 87.0 Å². The van der Waals surface area contributed by atoms with E-state index in [1.54, 1.807) is 12.1 Å². The molecule has 12 heteroatoms. The Bertz CT molecular complexity index is 1910. The van der Waals surface area contributed by atoms with Crippen LogP contribution in [0.4, 0.5) is 5.69 Å². The van der Waals surface area contributed by atoms with Crippen molar-refractivity contribution >= 4 is 44.8 Å². The number of halogens is 1. The average molecular weight is 764 g/mol. The quantitative estimate of drug-likeness (QED) is 0.0367. The first-order valence-corrected chi connectivity index (χ1v) is 19.7. The Balaban J connectivity index is 1.45. The number of unbranched alkanes of at least 4 members (excludes halogenated alkanes) is 9. The lowest BCUT2D eigenvalue weighted by molar-refractivity contribution is -0.120. The number of esters is 1. The zero-order valence-corrected chi connectivity index (χ0v) is 31.6. The lowest BCUT2D eigenvalue weighted by Gasteiger charge is -2.19. The fourth-order valence-corrected chi connectivity index (χ4v) is 6.96. The maximum atomic E-state index is 13.8. The van der Waals surface area contributed by atoms with Crippen molar-refractivity contribution in [1.82, 2.24) is 0 Å². The monoisotopic (exact) mass is 763 g/mol. The van der Waals surface area contributed by atoms with Crippen LogP contribution >= 0.6 is 11.6 Å². The van der Waals surface area contributed by atoms with Gasteiger partial charge >= 0.3 is 5.97 Å². The zero-order valence-electron chi connectivity index (χ0n) is 30.0. The van der Waals surface area contributed by atoms with Crippen molar-refractivity contribution in [2.24, 2.45) is 0 Å². The summed E-state index contributed by atoms with van der Waals surface area (Å²) in [5.41, 5.74) is 0.333. The van der Waals surface area contributed by atoms with Gasteiger partial charge in [-0.15, -0.1) is 0 Å². The maximum Gasteiger partial charge on any atom is 0.337 e. The lowest BCUT2D eigenvalue weighted by Crippen LogP contribution is -2.40. The second-order valence-corrected chi connectivity index (χ2v) is 14.9. The smallest absolute Gasteiger partial charge is 0.337 e. The predicted molar refractivity (Wildman–Crippen MR) is 204 cm³/mol. The number of methoxy groups -OCH3 is 1. The highest BCUT2D eigenvalue weighted by atomic mass is 35.5. The molecule has 10 nitrogen and oxygen atoms in total. The van der Waals surface area contributed by atoms with E-state index in [2.05, 4.69) is 12.2 Å². The third kappa shape index (κ3) is 12.1. The Hall–Kier alpha value is -4.87. The Labute approximate surface area is 316 Å². The largest absolute Gasteiger partial charge is 0.508 e. The van der Waals surface area contributed by atoms with Crippen molar-refractivity contribution in [3.63, 3.8) is 0 Å². The number of sulfone groups is 1. The van der Waals surface area contributed by atoms with E-state index in [0.29, 0.717) is 12.4 Å². The third-order valence-electron chi connectivity index (χ3n) is 8.56. The lowest BCUT2D eigenvalue weighted by atomic mass is 10.0. The number of hydrogen-bond acceptors (Lipinski definition) is 9. The van der Waals surface area contributed by atoms with Crippen molar-refractivity contribution < 1.29 is 42.1 Å². The number of phenolic OH excluding ortho intramolecular Hbond substituents is 1. The van der Waals surface area contributed by atoms with Crippen LogP contribution in [0, 0.1) is 0 Å². The summed E-state index contributed by atoms with van der Waals surface area (Å²) in [4.78, 5) is 39.6. The van der Waals surface area contributed by atoms with Gasteiger partial charge in [0.15, 0.2) is 0 Å². The fourth-order valence-electron chi connectivity index (χ4n) is 5.53. The van der Waals surface area contributed by atoms with Crippen LogP contribution in [-0.4, -0.2) is 51.0 Å². The molecule has 0 saturated carbocycles. The number of phenols is 1. The number of carbonyl (C=O) groups is 3. The number of benzene rings is 4. The molecule has 0 spiro atoms. The van der Waals surface area contributed by atoms with Gasteiger partial charge in [0.25, 0.3) is 5.91 Å². The number of ketones is 1. The third-order valence-corrected chi connectivity index (χ3v) is 10.7. The van der Waals surface area contributed by atoms with Crippen molar-refractivity contribution in [3.8, 4) is 17.2 Å². The molecule has 1 unspecified atom stereocenters. The summed E-state index contributed by atoms with van der Waals surface area (Å²) in [7, 11) is -2.72. The van der Waals surface area contributed by atoms with E-state index in [1.165, 1.54) is 137 Å². The Kier molecular flexibility index (Phi) is 15.7. The van der Waals surface area contributed by atoms with Crippen LogP contribution < -0.4 is 14.8 Å². The van der Waals surface area contributed by atoms with Gasteiger partial charge in [-0.2, -0.15) is 0 Å². The standard InChI is InChI=1S/C41H46ClNO9S/c1-3-4-5-6-7-8-9-10-11-12-27-51-32-18-13-29(14-19-32)38(45)39(40(46)43-37-28-30(41(47)50-2)15-26-36(37)42)52-33-20-24-35(25-21-33)53(48,49)34-22-16-31(44)17-23-34/h13-26,28,39,44H,3-12,27H2,1-2H3,(H,43,46). The van der Waals surface area contributed by atoms with Gasteiger partial charge in [-0.1, -0.05) is 76.3 Å². The first kappa shape index (κ1) is 40.9. The molecular formula is C41H46ClNO9S. The van der Waals surface area contributed by atoms with Crippen molar-refractivity contribution in [3.05, 3.63) is 107 Å². The maximum absolute atomic E-state index is 13.8. The minimum atomic E-state index is -3.93. The Morgan fingerprint density at radius 2 is 1.25 bits per heavy atom. The first-order valence-electron chi connectivity index (χ1n) is 17.8. The highest BCUT2D eigenvalue weighted by molar-refractivity contribution is 7.91. The molecule has 4 rings (SSSR count). The molecule has 0 aliphatic heterocycles. The summed E-state index contributed by atoms with van der Waals surface area (Å²) >= 11 is 6.31. The minimum absolute atomic E-state index is 0.0293. The number of Topliss-reactive ketones (excluding diaryl/α,β-unsaturated/α-hetero) is 1. The van der Waals surface area contributed by atoms with Gasteiger partial charge in [0.2, 0.25) is 21.7 Å². The number of nitrogens with one attached hydrogen (secondary N) is 1. The van der Waals surface area contributed by atoms with Crippen LogP contribution in [0.3, 0.4) is 0 Å². The van der Waals surface area contributed by atoms with Crippen LogP contribution in [0.2, 0.25) is 5.02 Å². The average Bonchev–Trinajstić information content (AvgIpc) is 3.16. The van der Waals surface area contributed by atoms with Crippen LogP contribution in [0.15, 0.2) is 101 Å². The van der Waals surface area contributed by atoms with Gasteiger partial charge in [-0.25, -0.2) is 13.2 Å². The Morgan fingerprint density at radius 3 is 1.83 bits per heavy atom. The van der Waals surface area contributed by atoms with E-state index in [9.17, 15) is 27.9 Å². The molecule has 4 aromatic carbocycles. The number of ether oxygens (including phenoxy) is 3. The molecule has 0 aliphatic rings. The van der Waals surface area contributed by atoms with E-state index in [1.807, 2.05) is 0 Å². The Morgan fingerprint density at radius 1 is 0.717 bits per heavy atom. The molecule has 1 amide bonds. The topological polar surface area (TPSA) is 145 Å². The predicted octanol–water partition coefficient (Wildman–Crippen LogP) is 9.23. The molecule has 0 saturated heterocycles. The number of carbonyl (C=O) groups excluding carboxylic acids is 3.